The van der Waals surface area contributed by atoms with Crippen molar-refractivity contribution < 1.29 is 27.5 Å². The zero-order valence-electron chi connectivity index (χ0n) is 15.1. The molecule has 0 aliphatic carbocycles. The maximum absolute atomic E-state index is 12.3. The van der Waals surface area contributed by atoms with Crippen LogP contribution in [0.2, 0.25) is 0 Å². The molecule has 0 atom stereocenters. The molecule has 8 heteroatoms. The molecule has 0 aromatic heterocycles. The van der Waals surface area contributed by atoms with Crippen LogP contribution in [0.5, 0.6) is 5.75 Å². The third-order valence-corrected chi connectivity index (χ3v) is 5.01. The van der Waals surface area contributed by atoms with Gasteiger partial charge in [0.05, 0.1) is 25.0 Å². The highest BCUT2D eigenvalue weighted by molar-refractivity contribution is 7.91. The molecule has 0 aliphatic rings. The molecule has 0 unspecified atom stereocenters. The van der Waals surface area contributed by atoms with E-state index in [9.17, 15) is 18.0 Å². The van der Waals surface area contributed by atoms with Crippen molar-refractivity contribution in [2.24, 2.45) is 0 Å². The maximum Gasteiger partial charge on any atom is 0.337 e. The zero-order chi connectivity index (χ0) is 19.9. The average molecular weight is 391 g/mol. The lowest BCUT2D eigenvalue weighted by molar-refractivity contribution is -0.113. The molecular weight excluding hydrogens is 370 g/mol. The van der Waals surface area contributed by atoms with Crippen LogP contribution in [0.15, 0.2) is 48.5 Å². The summed E-state index contributed by atoms with van der Waals surface area (Å²) in [6, 6.07) is 12.8. The largest absolute Gasteiger partial charge is 0.494 e. The van der Waals surface area contributed by atoms with Crippen molar-refractivity contribution in [2.75, 3.05) is 24.8 Å². The highest BCUT2D eigenvalue weighted by atomic mass is 32.2. The number of anilines is 1. The Morgan fingerprint density at radius 1 is 1.07 bits per heavy atom. The van der Waals surface area contributed by atoms with Crippen LogP contribution in [0.25, 0.3) is 0 Å². The van der Waals surface area contributed by atoms with Crippen LogP contribution in [-0.4, -0.2) is 39.8 Å². The number of nitrogens with one attached hydrogen (secondary N) is 1. The Balaban J connectivity index is 1.99. The number of benzene rings is 2. The van der Waals surface area contributed by atoms with Gasteiger partial charge in [-0.05, 0) is 48.9 Å². The first-order valence-electron chi connectivity index (χ1n) is 8.23. The van der Waals surface area contributed by atoms with E-state index >= 15 is 0 Å². The van der Waals surface area contributed by atoms with Crippen LogP contribution < -0.4 is 10.1 Å². The van der Waals surface area contributed by atoms with Gasteiger partial charge in [0.1, 0.15) is 11.5 Å². The highest BCUT2D eigenvalue weighted by Gasteiger charge is 2.18. The molecule has 0 saturated heterocycles. The van der Waals surface area contributed by atoms with Crippen LogP contribution in [-0.2, 0) is 25.1 Å². The SMILES string of the molecule is CCOc1ccc(NC(=O)CS(=O)(=O)Cc2cccc(C(=O)OC)c2)cc1. The van der Waals surface area contributed by atoms with Crippen LogP contribution in [0.4, 0.5) is 5.69 Å². The van der Waals surface area contributed by atoms with E-state index < -0.39 is 27.5 Å². The number of rotatable bonds is 8. The molecule has 0 saturated carbocycles. The molecular formula is C19H21NO6S. The molecule has 27 heavy (non-hydrogen) atoms. The van der Waals surface area contributed by atoms with Crippen LogP contribution >= 0.6 is 0 Å². The van der Waals surface area contributed by atoms with E-state index in [1.807, 2.05) is 6.92 Å². The lowest BCUT2D eigenvalue weighted by Crippen LogP contribution is -2.24. The van der Waals surface area contributed by atoms with Crippen LogP contribution in [0.1, 0.15) is 22.8 Å². The van der Waals surface area contributed by atoms with Gasteiger partial charge < -0.3 is 14.8 Å². The standard InChI is InChI=1S/C19H21NO6S/c1-3-26-17-9-7-16(8-10-17)20-18(21)13-27(23,24)12-14-5-4-6-15(11-14)19(22)25-2/h4-11H,3,12-13H2,1-2H3,(H,20,21). The van der Waals surface area contributed by atoms with Gasteiger partial charge >= 0.3 is 5.97 Å². The summed E-state index contributed by atoms with van der Waals surface area (Å²) in [6.07, 6.45) is 0. The Kier molecular flexibility index (Phi) is 6.95. The molecule has 0 bridgehead atoms. The fourth-order valence-electron chi connectivity index (χ4n) is 2.41. The smallest absolute Gasteiger partial charge is 0.337 e. The lowest BCUT2D eigenvalue weighted by atomic mass is 10.1. The summed E-state index contributed by atoms with van der Waals surface area (Å²) in [5.74, 6) is -1.55. The Hall–Kier alpha value is -2.87. The Bertz CT molecular complexity index is 906. The maximum atomic E-state index is 12.3. The molecule has 7 nitrogen and oxygen atoms in total. The van der Waals surface area contributed by atoms with Gasteiger partial charge in [0.2, 0.25) is 5.91 Å². The first-order valence-corrected chi connectivity index (χ1v) is 10.1. The summed E-state index contributed by atoms with van der Waals surface area (Å²) in [4.78, 5) is 23.6. The topological polar surface area (TPSA) is 98.8 Å². The molecule has 1 amide bonds. The van der Waals surface area contributed by atoms with Gasteiger partial charge in [-0.3, -0.25) is 4.79 Å². The molecule has 144 valence electrons. The Morgan fingerprint density at radius 2 is 1.78 bits per heavy atom. The second-order valence-electron chi connectivity index (χ2n) is 5.73. The molecule has 0 fully saturated rings. The van der Waals surface area contributed by atoms with Gasteiger partial charge in [0.25, 0.3) is 0 Å². The van der Waals surface area contributed by atoms with Crippen molar-refractivity contribution in [3.8, 4) is 5.75 Å². The number of sulfone groups is 1. The molecule has 0 aliphatic heterocycles. The second kappa shape index (κ2) is 9.18. The number of esters is 1. The molecule has 2 rings (SSSR count). The molecule has 0 spiro atoms. The van der Waals surface area contributed by atoms with Gasteiger partial charge in [-0.2, -0.15) is 0 Å². The van der Waals surface area contributed by atoms with E-state index in [1.54, 1.807) is 36.4 Å². The first kappa shape index (κ1) is 20.4. The first-order chi connectivity index (χ1) is 12.8. The summed E-state index contributed by atoms with van der Waals surface area (Å²) in [5, 5.41) is 2.54. The number of methoxy groups -OCH3 is 1. The molecule has 2 aromatic carbocycles. The quantitative estimate of drug-likeness (QED) is 0.694. The van der Waals surface area contributed by atoms with Gasteiger partial charge in [-0.15, -0.1) is 0 Å². The van der Waals surface area contributed by atoms with E-state index in [0.717, 1.165) is 0 Å². The third kappa shape index (κ3) is 6.41. The van der Waals surface area contributed by atoms with Crippen molar-refractivity contribution in [1.82, 2.24) is 0 Å². The van der Waals surface area contributed by atoms with E-state index in [4.69, 9.17) is 4.74 Å². The highest BCUT2D eigenvalue weighted by Crippen LogP contribution is 2.16. The van der Waals surface area contributed by atoms with Crippen LogP contribution in [0.3, 0.4) is 0 Å². The number of hydrogen-bond donors (Lipinski definition) is 1. The van der Waals surface area contributed by atoms with Gasteiger partial charge in [0.15, 0.2) is 9.84 Å². The normalized spacial score (nSPS) is 10.9. The predicted molar refractivity (Wildman–Crippen MR) is 102 cm³/mol. The summed E-state index contributed by atoms with van der Waals surface area (Å²) < 4.78 is 34.5. The number of amides is 1. The molecule has 0 heterocycles. The zero-order valence-corrected chi connectivity index (χ0v) is 15.9. The van der Waals surface area contributed by atoms with E-state index in [0.29, 0.717) is 23.6 Å². The van der Waals surface area contributed by atoms with Crippen LogP contribution in [0, 0.1) is 0 Å². The minimum Gasteiger partial charge on any atom is -0.494 e. The van der Waals surface area contributed by atoms with Gasteiger partial charge in [-0.25, -0.2) is 13.2 Å². The van der Waals surface area contributed by atoms with Crippen molar-refractivity contribution in [3.05, 3.63) is 59.7 Å². The van der Waals surface area contributed by atoms with Gasteiger partial charge in [-0.1, -0.05) is 12.1 Å². The summed E-state index contributed by atoms with van der Waals surface area (Å²) in [6.45, 7) is 2.39. The van der Waals surface area contributed by atoms with Crippen molar-refractivity contribution in [1.29, 1.82) is 0 Å². The Morgan fingerprint density at radius 3 is 2.41 bits per heavy atom. The third-order valence-electron chi connectivity index (χ3n) is 3.53. The Labute approximate surface area is 158 Å². The van der Waals surface area contributed by atoms with Crippen molar-refractivity contribution >= 4 is 27.4 Å². The fraction of sp³-hybridized carbons (Fsp3) is 0.263. The number of ether oxygens (including phenoxy) is 2. The average Bonchev–Trinajstić information content (AvgIpc) is 2.62. The minimum absolute atomic E-state index is 0.254. The van der Waals surface area contributed by atoms with Crippen molar-refractivity contribution in [3.63, 3.8) is 0 Å². The van der Waals surface area contributed by atoms with Gasteiger partial charge in [0, 0.05) is 5.69 Å². The molecule has 1 N–H and O–H groups in total. The van der Waals surface area contributed by atoms with E-state index in [2.05, 4.69) is 10.1 Å². The predicted octanol–water partition coefficient (Wildman–Crippen LogP) is 2.43. The summed E-state index contributed by atoms with van der Waals surface area (Å²) >= 11 is 0. The number of hydrogen-bond acceptors (Lipinski definition) is 6. The molecule has 0 radical (unpaired) electrons. The minimum atomic E-state index is -3.71. The summed E-state index contributed by atoms with van der Waals surface area (Å²) in [7, 11) is -2.46. The molecule has 2 aromatic rings. The van der Waals surface area contributed by atoms with E-state index in [1.165, 1.54) is 19.2 Å². The van der Waals surface area contributed by atoms with E-state index in [-0.39, 0.29) is 11.3 Å². The summed E-state index contributed by atoms with van der Waals surface area (Å²) in [5.41, 5.74) is 1.14. The number of carbonyl (C=O) groups is 2. The second-order valence-corrected chi connectivity index (χ2v) is 7.79. The number of carbonyl (C=O) groups excluding carboxylic acids is 2. The monoisotopic (exact) mass is 391 g/mol. The lowest BCUT2D eigenvalue weighted by Gasteiger charge is -2.08. The fourth-order valence-corrected chi connectivity index (χ4v) is 3.67. The van der Waals surface area contributed by atoms with Crippen molar-refractivity contribution in [2.45, 2.75) is 12.7 Å².